The zero-order valence-electron chi connectivity index (χ0n) is 17.7. The highest BCUT2D eigenvalue weighted by molar-refractivity contribution is 5.85. The van der Waals surface area contributed by atoms with Gasteiger partial charge in [0.15, 0.2) is 11.5 Å². The molecule has 29 heavy (non-hydrogen) atoms. The molecule has 6 heteroatoms. The lowest BCUT2D eigenvalue weighted by Gasteiger charge is -2.36. The monoisotopic (exact) mass is 420 g/mol. The molecular weight excluding hydrogens is 388 g/mol. The second kappa shape index (κ2) is 12.0. The molecule has 0 amide bonds. The zero-order valence-corrected chi connectivity index (χ0v) is 18.5. The molecule has 1 saturated heterocycles. The van der Waals surface area contributed by atoms with E-state index in [1.54, 1.807) is 14.2 Å². The Balaban J connectivity index is 0.00000300. The summed E-state index contributed by atoms with van der Waals surface area (Å²) in [5.41, 5.74) is 2.62. The number of ether oxygens (including phenoxy) is 3. The van der Waals surface area contributed by atoms with Crippen LogP contribution in [0.1, 0.15) is 23.6 Å². The minimum Gasteiger partial charge on any atom is -0.493 e. The maximum absolute atomic E-state index is 5.57. The molecular formula is C23H33ClN2O3. The summed E-state index contributed by atoms with van der Waals surface area (Å²) in [4.78, 5) is 4.92. The van der Waals surface area contributed by atoms with Crippen molar-refractivity contribution in [3.8, 4) is 11.5 Å². The van der Waals surface area contributed by atoms with Crippen molar-refractivity contribution in [3.05, 3.63) is 59.7 Å². The standard InChI is InChI=1S/C23H32N2O3.ClH/c1-24(18-19-7-5-4-6-8-19)12-11-21(25-13-15-28-16-14-25)20-9-10-22(26-2)23(17-20)27-3;/h4-10,17,21H,11-16,18H2,1-3H3;1H. The highest BCUT2D eigenvalue weighted by atomic mass is 35.5. The Morgan fingerprint density at radius 2 is 1.69 bits per heavy atom. The lowest BCUT2D eigenvalue weighted by Crippen LogP contribution is -2.40. The number of hydrogen-bond donors (Lipinski definition) is 0. The molecule has 5 nitrogen and oxygen atoms in total. The lowest BCUT2D eigenvalue weighted by molar-refractivity contribution is 0.0124. The van der Waals surface area contributed by atoms with Gasteiger partial charge in [0, 0.05) is 25.7 Å². The van der Waals surface area contributed by atoms with Crippen LogP contribution in [0, 0.1) is 0 Å². The van der Waals surface area contributed by atoms with Crippen LogP contribution in [0.5, 0.6) is 11.5 Å². The largest absolute Gasteiger partial charge is 0.493 e. The van der Waals surface area contributed by atoms with Gasteiger partial charge >= 0.3 is 0 Å². The van der Waals surface area contributed by atoms with Crippen molar-refractivity contribution < 1.29 is 14.2 Å². The third-order valence-electron chi connectivity index (χ3n) is 5.36. The van der Waals surface area contributed by atoms with Gasteiger partial charge in [0.05, 0.1) is 27.4 Å². The summed E-state index contributed by atoms with van der Waals surface area (Å²) in [6.45, 7) is 5.49. The molecule has 0 bridgehead atoms. The van der Waals surface area contributed by atoms with E-state index in [1.165, 1.54) is 11.1 Å². The average molecular weight is 421 g/mol. The smallest absolute Gasteiger partial charge is 0.161 e. The predicted octanol–water partition coefficient (Wildman–Crippen LogP) is 4.02. The zero-order chi connectivity index (χ0) is 19.8. The van der Waals surface area contributed by atoms with Crippen LogP contribution in [0.4, 0.5) is 0 Å². The Hall–Kier alpha value is -1.79. The van der Waals surface area contributed by atoms with Crippen LogP contribution in [-0.4, -0.2) is 63.9 Å². The van der Waals surface area contributed by atoms with E-state index in [-0.39, 0.29) is 12.4 Å². The molecule has 1 unspecified atom stereocenters. The number of nitrogens with zero attached hydrogens (tertiary/aromatic N) is 2. The number of methoxy groups -OCH3 is 2. The van der Waals surface area contributed by atoms with Gasteiger partial charge in [-0.05, 0) is 43.3 Å². The van der Waals surface area contributed by atoms with Gasteiger partial charge < -0.3 is 19.1 Å². The Kier molecular flexibility index (Phi) is 9.74. The molecule has 0 radical (unpaired) electrons. The summed E-state index contributed by atoms with van der Waals surface area (Å²) < 4.78 is 16.5. The van der Waals surface area contributed by atoms with Crippen LogP contribution in [0.2, 0.25) is 0 Å². The molecule has 1 heterocycles. The second-order valence-electron chi connectivity index (χ2n) is 7.29. The highest BCUT2D eigenvalue weighted by Gasteiger charge is 2.24. The summed E-state index contributed by atoms with van der Waals surface area (Å²) in [6.07, 6.45) is 1.05. The lowest BCUT2D eigenvalue weighted by atomic mass is 10.00. The van der Waals surface area contributed by atoms with Crippen LogP contribution in [0.15, 0.2) is 48.5 Å². The third kappa shape index (κ3) is 6.61. The van der Waals surface area contributed by atoms with Gasteiger partial charge in [-0.25, -0.2) is 0 Å². The van der Waals surface area contributed by atoms with Crippen LogP contribution >= 0.6 is 12.4 Å². The summed E-state index contributed by atoms with van der Waals surface area (Å²) in [7, 11) is 5.56. The number of halogens is 1. The predicted molar refractivity (Wildman–Crippen MR) is 119 cm³/mol. The average Bonchev–Trinajstić information content (AvgIpc) is 2.75. The molecule has 2 aromatic rings. The summed E-state index contributed by atoms with van der Waals surface area (Å²) >= 11 is 0. The Labute approximate surface area is 181 Å². The minimum absolute atomic E-state index is 0. The van der Waals surface area contributed by atoms with Gasteiger partial charge in [-0.2, -0.15) is 0 Å². The van der Waals surface area contributed by atoms with Crippen LogP contribution < -0.4 is 9.47 Å². The van der Waals surface area contributed by atoms with Crippen molar-refractivity contribution >= 4 is 12.4 Å². The van der Waals surface area contributed by atoms with Crippen LogP contribution in [0.25, 0.3) is 0 Å². The van der Waals surface area contributed by atoms with Crippen molar-refractivity contribution in [3.63, 3.8) is 0 Å². The van der Waals surface area contributed by atoms with Gasteiger partial charge in [-0.1, -0.05) is 36.4 Å². The first-order valence-corrected chi connectivity index (χ1v) is 9.97. The molecule has 1 fully saturated rings. The van der Waals surface area contributed by atoms with E-state index in [0.717, 1.165) is 57.3 Å². The Morgan fingerprint density at radius 1 is 1.00 bits per heavy atom. The van der Waals surface area contributed by atoms with Gasteiger partial charge in [-0.3, -0.25) is 4.90 Å². The van der Waals surface area contributed by atoms with Crippen molar-refractivity contribution in [1.29, 1.82) is 0 Å². The minimum atomic E-state index is 0. The van der Waals surface area contributed by atoms with Crippen LogP contribution in [0.3, 0.4) is 0 Å². The quantitative estimate of drug-likeness (QED) is 0.612. The molecule has 1 aliphatic heterocycles. The number of morpholine rings is 1. The molecule has 0 saturated carbocycles. The molecule has 0 spiro atoms. The van der Waals surface area contributed by atoms with E-state index in [1.807, 2.05) is 6.07 Å². The van der Waals surface area contributed by atoms with Gasteiger partial charge in [0.25, 0.3) is 0 Å². The molecule has 1 atom stereocenters. The number of rotatable bonds is 9. The van der Waals surface area contributed by atoms with E-state index in [9.17, 15) is 0 Å². The van der Waals surface area contributed by atoms with Crippen molar-refractivity contribution in [2.45, 2.75) is 19.0 Å². The first kappa shape index (κ1) is 23.5. The van der Waals surface area contributed by atoms with E-state index in [0.29, 0.717) is 6.04 Å². The number of benzene rings is 2. The molecule has 0 aliphatic carbocycles. The third-order valence-corrected chi connectivity index (χ3v) is 5.36. The fourth-order valence-electron chi connectivity index (χ4n) is 3.83. The Bertz CT molecular complexity index is 723. The van der Waals surface area contributed by atoms with Gasteiger partial charge in [-0.15, -0.1) is 12.4 Å². The maximum Gasteiger partial charge on any atom is 0.161 e. The normalized spacial score (nSPS) is 15.6. The Morgan fingerprint density at radius 3 is 2.34 bits per heavy atom. The number of hydrogen-bond acceptors (Lipinski definition) is 5. The fraction of sp³-hybridized carbons (Fsp3) is 0.478. The van der Waals surface area contributed by atoms with Gasteiger partial charge in [0.1, 0.15) is 0 Å². The van der Waals surface area contributed by atoms with Crippen LogP contribution in [-0.2, 0) is 11.3 Å². The summed E-state index contributed by atoms with van der Waals surface area (Å²) in [5.74, 6) is 1.56. The summed E-state index contributed by atoms with van der Waals surface area (Å²) in [5, 5.41) is 0. The molecule has 1 aliphatic rings. The SMILES string of the molecule is COc1ccc(C(CCN(C)Cc2ccccc2)N2CCOCC2)cc1OC.Cl. The van der Waals surface area contributed by atoms with Gasteiger partial charge in [0.2, 0.25) is 0 Å². The fourth-order valence-corrected chi connectivity index (χ4v) is 3.83. The van der Waals surface area contributed by atoms with E-state index < -0.39 is 0 Å². The maximum atomic E-state index is 5.57. The van der Waals surface area contributed by atoms with Crippen molar-refractivity contribution in [1.82, 2.24) is 9.80 Å². The first-order valence-electron chi connectivity index (χ1n) is 9.97. The van der Waals surface area contributed by atoms with E-state index in [2.05, 4.69) is 59.3 Å². The first-order chi connectivity index (χ1) is 13.7. The molecule has 3 rings (SSSR count). The molecule has 0 aromatic heterocycles. The van der Waals surface area contributed by atoms with Crippen molar-refractivity contribution in [2.75, 3.05) is 54.1 Å². The highest BCUT2D eigenvalue weighted by Crippen LogP contribution is 2.33. The molecule has 160 valence electrons. The molecule has 2 aromatic carbocycles. The topological polar surface area (TPSA) is 34.2 Å². The molecule has 0 N–H and O–H groups in total. The summed E-state index contributed by atoms with van der Waals surface area (Å²) in [6, 6.07) is 17.3. The van der Waals surface area contributed by atoms with E-state index >= 15 is 0 Å². The van der Waals surface area contributed by atoms with Crippen molar-refractivity contribution in [2.24, 2.45) is 0 Å². The second-order valence-corrected chi connectivity index (χ2v) is 7.29. The van der Waals surface area contributed by atoms with E-state index in [4.69, 9.17) is 14.2 Å².